The number of ether oxygens (including phenoxy) is 1. The van der Waals surface area contributed by atoms with Crippen LogP contribution in [0.25, 0.3) is 22.2 Å². The molecule has 0 bridgehead atoms. The number of pyridine rings is 1. The minimum atomic E-state index is -0.533. The van der Waals surface area contributed by atoms with Crippen LogP contribution in [0.3, 0.4) is 0 Å². The summed E-state index contributed by atoms with van der Waals surface area (Å²) in [4.78, 5) is 24.0. The van der Waals surface area contributed by atoms with Gasteiger partial charge in [0.1, 0.15) is 17.2 Å². The molecule has 5 rings (SSSR count). The van der Waals surface area contributed by atoms with Crippen LogP contribution in [0, 0.1) is 11.3 Å². The van der Waals surface area contributed by atoms with E-state index < -0.39 is 5.60 Å². The van der Waals surface area contributed by atoms with Gasteiger partial charge >= 0.3 is 6.09 Å². The normalized spacial score (nSPS) is 16.4. The fourth-order valence-electron chi connectivity index (χ4n) is 5.28. The van der Waals surface area contributed by atoms with Crippen LogP contribution < -0.4 is 4.90 Å². The number of rotatable bonds is 2. The van der Waals surface area contributed by atoms with Crippen molar-refractivity contribution in [3.8, 4) is 17.3 Å². The third kappa shape index (κ3) is 5.03. The molecule has 0 radical (unpaired) electrons. The predicted molar refractivity (Wildman–Crippen MR) is 150 cm³/mol. The molecule has 0 atom stereocenters. The maximum Gasteiger partial charge on any atom is 0.410 e. The summed E-state index contributed by atoms with van der Waals surface area (Å²) in [5, 5.41) is 11.4. The Bertz CT molecular complexity index is 1400. The lowest BCUT2D eigenvalue weighted by atomic mass is 9.90. The molecule has 1 amide bonds. The van der Waals surface area contributed by atoms with Gasteiger partial charge in [-0.1, -0.05) is 30.3 Å². The van der Waals surface area contributed by atoms with E-state index in [0.29, 0.717) is 31.7 Å². The van der Waals surface area contributed by atoms with Gasteiger partial charge in [0, 0.05) is 54.7 Å². The Hall–Kier alpha value is -3.15. The molecule has 7 nitrogen and oxygen atoms in total. The fraction of sp³-hybridized carbons (Fsp3) is 0.414. The minimum absolute atomic E-state index is 0.295. The maximum absolute atomic E-state index is 12.6. The summed E-state index contributed by atoms with van der Waals surface area (Å²) in [7, 11) is 2.14. The van der Waals surface area contributed by atoms with Crippen LogP contribution in [0.15, 0.2) is 40.9 Å². The first kappa shape index (κ1) is 25.5. The van der Waals surface area contributed by atoms with Crippen molar-refractivity contribution in [3.63, 3.8) is 0 Å². The predicted octanol–water partition coefficient (Wildman–Crippen LogP) is 5.58. The van der Waals surface area contributed by atoms with Crippen LogP contribution in [0.4, 0.5) is 10.5 Å². The molecule has 2 aliphatic heterocycles. The Kier molecular flexibility index (Phi) is 6.86. The number of nitriles is 1. The van der Waals surface area contributed by atoms with Gasteiger partial charge in [-0.25, -0.2) is 9.78 Å². The monoisotopic (exact) mass is 561 g/mol. The van der Waals surface area contributed by atoms with Crippen molar-refractivity contribution in [1.29, 1.82) is 5.26 Å². The van der Waals surface area contributed by atoms with Crippen molar-refractivity contribution in [2.45, 2.75) is 39.3 Å². The van der Waals surface area contributed by atoms with Crippen LogP contribution >= 0.6 is 15.9 Å². The van der Waals surface area contributed by atoms with Crippen molar-refractivity contribution in [3.05, 3.63) is 57.6 Å². The van der Waals surface area contributed by atoms with Crippen LogP contribution in [-0.4, -0.2) is 66.2 Å². The summed E-state index contributed by atoms with van der Waals surface area (Å²) in [6.45, 7) is 9.77. The summed E-state index contributed by atoms with van der Waals surface area (Å²) < 4.78 is 6.48. The van der Waals surface area contributed by atoms with Crippen molar-refractivity contribution >= 4 is 38.6 Å². The van der Waals surface area contributed by atoms with Crippen molar-refractivity contribution in [1.82, 2.24) is 14.8 Å². The second-order valence-corrected chi connectivity index (χ2v) is 11.7. The number of carbonyl (C=O) groups excluding carboxylic acids is 1. The molecular formula is C29H32BrN5O2. The fourth-order valence-corrected chi connectivity index (χ4v) is 5.73. The molecule has 0 unspecified atom stereocenters. The lowest BCUT2D eigenvalue weighted by molar-refractivity contribution is 0.0240. The van der Waals surface area contributed by atoms with E-state index in [1.165, 1.54) is 11.1 Å². The Balaban J connectivity index is 1.59. The average Bonchev–Trinajstić information content (AvgIpc) is 2.86. The molecule has 0 N–H and O–H groups in total. The smallest absolute Gasteiger partial charge is 0.410 e. The number of nitrogens with zero attached hydrogens (tertiary/aromatic N) is 5. The first-order valence-corrected chi connectivity index (χ1v) is 13.5. The molecule has 192 valence electrons. The van der Waals surface area contributed by atoms with Gasteiger partial charge in [-0.3, -0.25) is 0 Å². The number of amides is 1. The SMILES string of the molecule is CN1CCc2c(cccc2-c2nc3c(Br)cccc3c(N3CCN(C(=O)OC(C)(C)C)CC3)c2C#N)C1. The largest absolute Gasteiger partial charge is 0.444 e. The van der Waals surface area contributed by atoms with E-state index in [2.05, 4.69) is 57.0 Å². The highest BCUT2D eigenvalue weighted by Crippen LogP contribution is 2.40. The van der Waals surface area contributed by atoms with Crippen LogP contribution in [0.2, 0.25) is 0 Å². The van der Waals surface area contributed by atoms with E-state index in [9.17, 15) is 10.1 Å². The number of fused-ring (bicyclic) bond motifs is 2. The Labute approximate surface area is 226 Å². The first-order valence-electron chi connectivity index (χ1n) is 12.7. The van der Waals surface area contributed by atoms with Crippen LogP contribution in [-0.2, 0) is 17.7 Å². The highest BCUT2D eigenvalue weighted by atomic mass is 79.9. The number of piperazine rings is 1. The molecule has 0 spiro atoms. The van der Waals surface area contributed by atoms with Gasteiger partial charge in [0.25, 0.3) is 0 Å². The zero-order chi connectivity index (χ0) is 26.3. The van der Waals surface area contributed by atoms with Gasteiger partial charge in [-0.15, -0.1) is 0 Å². The summed E-state index contributed by atoms with van der Waals surface area (Å²) in [5.41, 5.74) is 6.11. The van der Waals surface area contributed by atoms with Crippen LogP contribution in [0.1, 0.15) is 37.5 Å². The van der Waals surface area contributed by atoms with Gasteiger partial charge < -0.3 is 19.4 Å². The zero-order valence-corrected chi connectivity index (χ0v) is 23.4. The number of para-hydroxylation sites is 1. The van der Waals surface area contributed by atoms with E-state index in [4.69, 9.17) is 9.72 Å². The molecule has 3 heterocycles. The lowest BCUT2D eigenvalue weighted by Gasteiger charge is -2.37. The number of likely N-dealkylation sites (N-methyl/N-ethyl adjacent to an activating group) is 1. The van der Waals surface area contributed by atoms with E-state index in [0.717, 1.165) is 51.8 Å². The van der Waals surface area contributed by atoms with Crippen LogP contribution in [0.5, 0.6) is 0 Å². The zero-order valence-electron chi connectivity index (χ0n) is 21.8. The molecule has 1 saturated heterocycles. The second kappa shape index (κ2) is 9.96. The third-order valence-electron chi connectivity index (χ3n) is 7.01. The van der Waals surface area contributed by atoms with E-state index in [1.54, 1.807) is 4.90 Å². The number of aromatic nitrogens is 1. The Morgan fingerprint density at radius 3 is 2.51 bits per heavy atom. The van der Waals surface area contributed by atoms with Gasteiger partial charge in [0.05, 0.1) is 16.9 Å². The quantitative estimate of drug-likeness (QED) is 0.406. The summed E-state index contributed by atoms with van der Waals surface area (Å²) >= 11 is 3.71. The average molecular weight is 563 g/mol. The second-order valence-electron chi connectivity index (χ2n) is 10.8. The number of benzene rings is 2. The molecule has 1 aromatic heterocycles. The summed E-state index contributed by atoms with van der Waals surface area (Å²) in [5.74, 6) is 0. The molecule has 3 aromatic rings. The third-order valence-corrected chi connectivity index (χ3v) is 7.65. The summed E-state index contributed by atoms with van der Waals surface area (Å²) in [6.07, 6.45) is 0.628. The highest BCUT2D eigenvalue weighted by Gasteiger charge is 2.30. The number of carbonyl (C=O) groups is 1. The van der Waals surface area contributed by atoms with Crippen molar-refractivity contribution in [2.75, 3.05) is 44.7 Å². The topological polar surface area (TPSA) is 72.7 Å². The number of halogens is 1. The maximum atomic E-state index is 12.6. The molecular weight excluding hydrogens is 530 g/mol. The highest BCUT2D eigenvalue weighted by molar-refractivity contribution is 9.10. The number of hydrogen-bond acceptors (Lipinski definition) is 6. The van der Waals surface area contributed by atoms with Crippen molar-refractivity contribution < 1.29 is 9.53 Å². The lowest BCUT2D eigenvalue weighted by Crippen LogP contribution is -2.50. The van der Waals surface area contributed by atoms with Gasteiger partial charge in [0.15, 0.2) is 0 Å². The van der Waals surface area contributed by atoms with Gasteiger partial charge in [0.2, 0.25) is 0 Å². The van der Waals surface area contributed by atoms with E-state index in [-0.39, 0.29) is 6.09 Å². The van der Waals surface area contributed by atoms with Crippen molar-refractivity contribution in [2.24, 2.45) is 0 Å². The molecule has 2 aliphatic rings. The molecule has 1 fully saturated rings. The van der Waals surface area contributed by atoms with Gasteiger partial charge in [-0.2, -0.15) is 5.26 Å². The molecule has 2 aromatic carbocycles. The summed E-state index contributed by atoms with van der Waals surface area (Å²) in [6, 6.07) is 14.9. The minimum Gasteiger partial charge on any atom is -0.444 e. The van der Waals surface area contributed by atoms with E-state index in [1.807, 2.05) is 39.0 Å². The Morgan fingerprint density at radius 2 is 1.81 bits per heavy atom. The molecule has 8 heteroatoms. The van der Waals surface area contributed by atoms with E-state index >= 15 is 0 Å². The standard InChI is InChI=1S/C29H32BrN5O2/c1-29(2,3)37-28(36)35-15-13-34(14-16-35)27-22-9-6-10-24(30)26(22)32-25(23(27)17-31)21-8-5-7-19-18-33(4)12-11-20(19)21/h5-10H,11-16,18H2,1-4H3. The molecule has 0 aliphatic carbocycles. The Morgan fingerprint density at radius 1 is 1.08 bits per heavy atom. The molecule has 0 saturated carbocycles. The molecule has 37 heavy (non-hydrogen) atoms. The number of hydrogen-bond donors (Lipinski definition) is 0. The first-order chi connectivity index (χ1) is 17.7. The number of anilines is 1. The van der Waals surface area contributed by atoms with Gasteiger partial charge in [-0.05, 0) is 67.4 Å².